The lowest BCUT2D eigenvalue weighted by Crippen LogP contribution is -1.98. The lowest BCUT2D eigenvalue weighted by molar-refractivity contribution is -0.131. The number of carbonyl (C=O) groups is 1. The zero-order valence-corrected chi connectivity index (χ0v) is 10.9. The highest BCUT2D eigenvalue weighted by molar-refractivity contribution is 6.30. The number of fused-ring (bicyclic) bond motifs is 1. The molecule has 0 aliphatic rings. The van der Waals surface area contributed by atoms with E-state index in [0.717, 1.165) is 6.08 Å². The van der Waals surface area contributed by atoms with Gasteiger partial charge < -0.3 is 5.11 Å². The third kappa shape index (κ3) is 2.17. The van der Waals surface area contributed by atoms with Gasteiger partial charge in [-0.2, -0.15) is 5.10 Å². The molecular weight excluding hydrogens is 280 g/mol. The van der Waals surface area contributed by atoms with Crippen LogP contribution in [0, 0.1) is 0 Å². The first-order chi connectivity index (χ1) is 9.65. The highest BCUT2D eigenvalue weighted by Crippen LogP contribution is 2.19. The summed E-state index contributed by atoms with van der Waals surface area (Å²) < 4.78 is 3.29. The van der Waals surface area contributed by atoms with Crippen molar-refractivity contribution in [2.75, 3.05) is 0 Å². The summed E-state index contributed by atoms with van der Waals surface area (Å²) in [5, 5.41) is 13.4. The van der Waals surface area contributed by atoms with Gasteiger partial charge in [0.2, 0.25) is 0 Å². The van der Waals surface area contributed by atoms with E-state index in [1.165, 1.54) is 17.0 Å². The molecule has 0 aromatic carbocycles. The molecule has 3 heterocycles. The highest BCUT2D eigenvalue weighted by Gasteiger charge is 2.12. The Labute approximate surface area is 118 Å². The van der Waals surface area contributed by atoms with Crippen molar-refractivity contribution in [2.45, 2.75) is 0 Å². The zero-order chi connectivity index (χ0) is 14.1. The molecule has 0 bridgehead atoms. The Kier molecular flexibility index (Phi) is 3.00. The van der Waals surface area contributed by atoms with Gasteiger partial charge >= 0.3 is 5.97 Å². The molecular formula is C13H9ClN4O2. The third-order valence-electron chi connectivity index (χ3n) is 2.70. The average molecular weight is 289 g/mol. The smallest absolute Gasteiger partial charge is 0.328 e. The minimum atomic E-state index is -1.03. The Hall–Kier alpha value is -2.60. The van der Waals surface area contributed by atoms with E-state index < -0.39 is 5.97 Å². The predicted molar refractivity (Wildman–Crippen MR) is 74.0 cm³/mol. The number of carboxylic acids is 1. The lowest BCUT2D eigenvalue weighted by Gasteiger charge is -1.99. The Morgan fingerprint density at radius 2 is 2.25 bits per heavy atom. The maximum Gasteiger partial charge on any atom is 0.328 e. The largest absolute Gasteiger partial charge is 0.478 e. The Morgan fingerprint density at radius 3 is 2.95 bits per heavy atom. The number of halogens is 1. The fraction of sp³-hybridized carbons (Fsp3) is 0. The minimum absolute atomic E-state index is 0.482. The van der Waals surface area contributed by atoms with Crippen LogP contribution in [0.1, 0.15) is 5.69 Å². The number of aliphatic carboxylic acids is 1. The van der Waals surface area contributed by atoms with Gasteiger partial charge in [0.15, 0.2) is 5.82 Å². The molecule has 0 spiro atoms. The van der Waals surface area contributed by atoms with Gasteiger partial charge in [0, 0.05) is 12.3 Å². The summed E-state index contributed by atoms with van der Waals surface area (Å²) in [4.78, 5) is 15.2. The summed E-state index contributed by atoms with van der Waals surface area (Å²) in [7, 11) is 0. The second kappa shape index (κ2) is 4.82. The van der Waals surface area contributed by atoms with Crippen LogP contribution in [0.5, 0.6) is 0 Å². The topological polar surface area (TPSA) is 72.4 Å². The van der Waals surface area contributed by atoms with Crippen molar-refractivity contribution >= 4 is 29.3 Å². The van der Waals surface area contributed by atoms with E-state index in [1.807, 2.05) is 18.2 Å². The number of hydrogen-bond donors (Lipinski definition) is 1. The maximum atomic E-state index is 10.7. The molecule has 0 unspecified atom stereocenters. The van der Waals surface area contributed by atoms with Gasteiger partial charge in [-0.25, -0.2) is 14.5 Å². The molecule has 0 amide bonds. The van der Waals surface area contributed by atoms with Crippen molar-refractivity contribution < 1.29 is 9.90 Å². The first-order valence-electron chi connectivity index (χ1n) is 5.74. The number of nitrogens with zero attached hydrogens (tertiary/aromatic N) is 4. The Morgan fingerprint density at radius 1 is 1.40 bits per heavy atom. The summed E-state index contributed by atoms with van der Waals surface area (Å²) in [6, 6.07) is 5.52. The van der Waals surface area contributed by atoms with Crippen LogP contribution in [0.25, 0.3) is 17.5 Å². The van der Waals surface area contributed by atoms with Crippen LogP contribution in [0.3, 0.4) is 0 Å². The van der Waals surface area contributed by atoms with Crippen LogP contribution < -0.4 is 0 Å². The van der Waals surface area contributed by atoms with E-state index in [0.29, 0.717) is 22.2 Å². The second-order valence-electron chi connectivity index (χ2n) is 4.02. The molecule has 0 fully saturated rings. The molecule has 0 saturated heterocycles. The molecule has 3 aromatic rings. The molecule has 3 aromatic heterocycles. The molecule has 0 radical (unpaired) electrons. The van der Waals surface area contributed by atoms with E-state index in [1.54, 1.807) is 16.8 Å². The molecule has 0 aliphatic carbocycles. The fourth-order valence-corrected chi connectivity index (χ4v) is 2.03. The maximum absolute atomic E-state index is 10.7. The van der Waals surface area contributed by atoms with E-state index in [2.05, 4.69) is 10.1 Å². The normalized spacial score (nSPS) is 11.4. The van der Waals surface area contributed by atoms with E-state index >= 15 is 0 Å². The number of rotatable bonds is 3. The van der Waals surface area contributed by atoms with Crippen LogP contribution in [0.15, 0.2) is 42.9 Å². The number of pyridine rings is 1. The molecule has 7 heteroatoms. The monoisotopic (exact) mass is 288 g/mol. The predicted octanol–water partition coefficient (Wildman–Crippen LogP) is 2.27. The van der Waals surface area contributed by atoms with Crippen LogP contribution >= 0.6 is 11.6 Å². The molecule has 3 rings (SSSR count). The van der Waals surface area contributed by atoms with Crippen LogP contribution in [-0.4, -0.2) is 30.2 Å². The van der Waals surface area contributed by atoms with Crippen molar-refractivity contribution in [3.05, 3.63) is 53.6 Å². The van der Waals surface area contributed by atoms with E-state index in [-0.39, 0.29) is 0 Å². The van der Waals surface area contributed by atoms with Crippen LogP contribution in [0.4, 0.5) is 0 Å². The molecule has 20 heavy (non-hydrogen) atoms. The van der Waals surface area contributed by atoms with Crippen molar-refractivity contribution in [2.24, 2.45) is 0 Å². The molecule has 100 valence electrons. The molecule has 1 N–H and O–H groups in total. The summed E-state index contributed by atoms with van der Waals surface area (Å²) in [5.74, 6) is -0.513. The number of imidazole rings is 1. The van der Waals surface area contributed by atoms with Crippen molar-refractivity contribution in [1.82, 2.24) is 19.2 Å². The average Bonchev–Trinajstić information content (AvgIpc) is 2.99. The Bertz CT molecular complexity index is 819. The van der Waals surface area contributed by atoms with Crippen molar-refractivity contribution in [1.29, 1.82) is 0 Å². The highest BCUT2D eigenvalue weighted by atomic mass is 35.5. The molecule has 0 saturated carbocycles. The van der Waals surface area contributed by atoms with Gasteiger partial charge in [-0.05, 0) is 18.2 Å². The van der Waals surface area contributed by atoms with Crippen LogP contribution in [-0.2, 0) is 4.79 Å². The summed E-state index contributed by atoms with van der Waals surface area (Å²) in [6.45, 7) is 0. The fourth-order valence-electron chi connectivity index (χ4n) is 1.89. The third-order valence-corrected chi connectivity index (χ3v) is 2.89. The summed E-state index contributed by atoms with van der Waals surface area (Å²) in [5.41, 5.74) is 1.31. The standard InChI is InChI=1S/C13H9ClN4O2/c14-9-7-15-18(8-9)13-10(4-5-12(19)20)17-6-2-1-3-11(17)16-13/h1-8H,(H,19,20)/b5-4+. The van der Waals surface area contributed by atoms with Gasteiger partial charge in [0.1, 0.15) is 5.65 Å². The van der Waals surface area contributed by atoms with Gasteiger partial charge in [-0.15, -0.1) is 0 Å². The van der Waals surface area contributed by atoms with Gasteiger partial charge in [0.05, 0.1) is 23.1 Å². The lowest BCUT2D eigenvalue weighted by atomic mass is 10.3. The number of hydrogen-bond acceptors (Lipinski definition) is 3. The minimum Gasteiger partial charge on any atom is -0.478 e. The summed E-state index contributed by atoms with van der Waals surface area (Å²) >= 11 is 5.86. The first kappa shape index (κ1) is 12.4. The van der Waals surface area contributed by atoms with Gasteiger partial charge in [-0.1, -0.05) is 17.7 Å². The van der Waals surface area contributed by atoms with Crippen LogP contribution in [0.2, 0.25) is 5.02 Å². The summed E-state index contributed by atoms with van der Waals surface area (Å²) in [6.07, 6.45) is 7.45. The Balaban J connectivity index is 2.24. The zero-order valence-electron chi connectivity index (χ0n) is 10.1. The SMILES string of the molecule is O=C(O)/C=C/c1c(-n2cc(Cl)cn2)nc2ccccn12. The second-order valence-corrected chi connectivity index (χ2v) is 4.46. The number of aromatic nitrogens is 4. The molecule has 6 nitrogen and oxygen atoms in total. The van der Waals surface area contributed by atoms with Gasteiger partial charge in [-0.3, -0.25) is 4.40 Å². The quantitative estimate of drug-likeness (QED) is 0.750. The van der Waals surface area contributed by atoms with Crippen molar-refractivity contribution in [3.63, 3.8) is 0 Å². The first-order valence-corrected chi connectivity index (χ1v) is 6.11. The van der Waals surface area contributed by atoms with E-state index in [4.69, 9.17) is 16.7 Å². The van der Waals surface area contributed by atoms with E-state index in [9.17, 15) is 4.79 Å². The molecule has 0 aliphatic heterocycles. The van der Waals surface area contributed by atoms with Gasteiger partial charge in [0.25, 0.3) is 0 Å². The number of carboxylic acid groups (broad SMARTS) is 1. The molecule has 0 atom stereocenters. The van der Waals surface area contributed by atoms with Crippen molar-refractivity contribution in [3.8, 4) is 5.82 Å².